The van der Waals surface area contributed by atoms with E-state index in [1.807, 2.05) is 30.3 Å². The molecule has 26 heavy (non-hydrogen) atoms. The zero-order chi connectivity index (χ0) is 18.8. The standard InChI is InChI=1S/C20H28N4OS/c1-19(2)11-15(12-20(3,4)24-19)22-18-21-10-9-17(23-18)26-16-7-5-14(13-25)6-8-16/h5-10,15,24-25H,11-13H2,1-4H3,(H,21,22,23). The Labute approximate surface area is 160 Å². The van der Waals surface area contributed by atoms with Crippen molar-refractivity contribution in [2.75, 3.05) is 5.32 Å². The average Bonchev–Trinajstić information content (AvgIpc) is 2.53. The molecule has 1 saturated heterocycles. The number of rotatable bonds is 5. The molecule has 0 atom stereocenters. The molecule has 0 unspecified atom stereocenters. The van der Waals surface area contributed by atoms with Crippen molar-refractivity contribution in [3.8, 4) is 0 Å². The number of hydrogen-bond acceptors (Lipinski definition) is 6. The first-order chi connectivity index (χ1) is 12.2. The third kappa shape index (κ3) is 5.19. The van der Waals surface area contributed by atoms with Crippen molar-refractivity contribution in [3.05, 3.63) is 42.1 Å². The molecule has 2 aromatic rings. The minimum atomic E-state index is 0.0649. The maximum atomic E-state index is 9.14. The van der Waals surface area contributed by atoms with E-state index in [0.29, 0.717) is 12.0 Å². The van der Waals surface area contributed by atoms with E-state index in [1.165, 1.54) is 0 Å². The van der Waals surface area contributed by atoms with Crippen molar-refractivity contribution in [3.63, 3.8) is 0 Å². The highest BCUT2D eigenvalue weighted by molar-refractivity contribution is 7.99. The lowest BCUT2D eigenvalue weighted by molar-refractivity contribution is 0.170. The smallest absolute Gasteiger partial charge is 0.223 e. The summed E-state index contributed by atoms with van der Waals surface area (Å²) in [5.74, 6) is 0.681. The second-order valence-corrected chi connectivity index (χ2v) is 9.36. The molecule has 0 radical (unpaired) electrons. The molecular weight excluding hydrogens is 344 g/mol. The van der Waals surface area contributed by atoms with Crippen LogP contribution >= 0.6 is 11.8 Å². The molecular formula is C20H28N4OS. The van der Waals surface area contributed by atoms with Crippen molar-refractivity contribution in [1.29, 1.82) is 0 Å². The normalized spacial score (nSPS) is 19.3. The van der Waals surface area contributed by atoms with Gasteiger partial charge in [0.2, 0.25) is 5.95 Å². The van der Waals surface area contributed by atoms with Gasteiger partial charge in [0, 0.05) is 28.2 Å². The van der Waals surface area contributed by atoms with Crippen molar-refractivity contribution in [2.24, 2.45) is 0 Å². The van der Waals surface area contributed by atoms with Gasteiger partial charge in [0.05, 0.1) is 6.61 Å². The average molecular weight is 373 g/mol. The number of anilines is 1. The highest BCUT2D eigenvalue weighted by Crippen LogP contribution is 2.31. The number of nitrogens with zero attached hydrogens (tertiary/aromatic N) is 2. The molecule has 5 nitrogen and oxygen atoms in total. The van der Waals surface area contributed by atoms with Crippen LogP contribution in [0.3, 0.4) is 0 Å². The van der Waals surface area contributed by atoms with Crippen LogP contribution in [0.15, 0.2) is 46.5 Å². The van der Waals surface area contributed by atoms with Crippen LogP contribution < -0.4 is 10.6 Å². The molecule has 2 heterocycles. The molecule has 0 aliphatic carbocycles. The minimum absolute atomic E-state index is 0.0649. The van der Waals surface area contributed by atoms with E-state index < -0.39 is 0 Å². The molecule has 1 aromatic carbocycles. The maximum Gasteiger partial charge on any atom is 0.223 e. The number of aliphatic hydroxyl groups is 1. The number of benzene rings is 1. The Morgan fingerprint density at radius 1 is 1.12 bits per heavy atom. The van der Waals surface area contributed by atoms with Gasteiger partial charge in [-0.25, -0.2) is 9.97 Å². The van der Waals surface area contributed by atoms with Crippen LogP contribution in [0.2, 0.25) is 0 Å². The van der Waals surface area contributed by atoms with Gasteiger partial charge in [0.25, 0.3) is 0 Å². The third-order valence-corrected chi connectivity index (χ3v) is 5.43. The fourth-order valence-electron chi connectivity index (χ4n) is 3.86. The highest BCUT2D eigenvalue weighted by atomic mass is 32.2. The molecule has 1 fully saturated rings. The Morgan fingerprint density at radius 3 is 2.38 bits per heavy atom. The topological polar surface area (TPSA) is 70.1 Å². The predicted molar refractivity (Wildman–Crippen MR) is 106 cm³/mol. The van der Waals surface area contributed by atoms with Gasteiger partial charge in [-0.15, -0.1) is 0 Å². The molecule has 0 bridgehead atoms. The molecule has 140 valence electrons. The highest BCUT2D eigenvalue weighted by Gasteiger charge is 2.37. The fourth-order valence-corrected chi connectivity index (χ4v) is 4.63. The second kappa shape index (κ2) is 7.55. The monoisotopic (exact) mass is 372 g/mol. The summed E-state index contributed by atoms with van der Waals surface area (Å²) in [6.45, 7) is 9.03. The number of piperidine rings is 1. The van der Waals surface area contributed by atoms with Crippen molar-refractivity contribution < 1.29 is 5.11 Å². The summed E-state index contributed by atoms with van der Waals surface area (Å²) >= 11 is 1.60. The number of aliphatic hydroxyl groups excluding tert-OH is 1. The van der Waals surface area contributed by atoms with Crippen molar-refractivity contribution >= 4 is 17.7 Å². The lowest BCUT2D eigenvalue weighted by Gasteiger charge is -2.46. The Bertz CT molecular complexity index is 730. The van der Waals surface area contributed by atoms with Crippen LogP contribution in [0.4, 0.5) is 5.95 Å². The van der Waals surface area contributed by atoms with E-state index in [4.69, 9.17) is 5.11 Å². The lowest BCUT2D eigenvalue weighted by Crippen LogP contribution is -2.60. The zero-order valence-electron chi connectivity index (χ0n) is 15.9. The molecule has 1 aromatic heterocycles. The van der Waals surface area contributed by atoms with Crippen LogP contribution in [0.25, 0.3) is 0 Å². The Morgan fingerprint density at radius 2 is 1.77 bits per heavy atom. The first kappa shape index (κ1) is 19.1. The van der Waals surface area contributed by atoms with Gasteiger partial charge < -0.3 is 15.7 Å². The first-order valence-electron chi connectivity index (χ1n) is 9.01. The SMILES string of the molecule is CC1(C)CC(Nc2nccc(Sc3ccc(CO)cc3)n2)CC(C)(C)N1. The minimum Gasteiger partial charge on any atom is -0.392 e. The summed E-state index contributed by atoms with van der Waals surface area (Å²) in [6, 6.07) is 10.1. The zero-order valence-corrected chi connectivity index (χ0v) is 16.7. The summed E-state index contributed by atoms with van der Waals surface area (Å²) in [7, 11) is 0. The molecule has 1 aliphatic rings. The fraction of sp³-hybridized carbons (Fsp3) is 0.500. The molecule has 0 spiro atoms. The quantitative estimate of drug-likeness (QED) is 0.693. The molecule has 1 aliphatic heterocycles. The second-order valence-electron chi connectivity index (χ2n) is 8.26. The molecule has 3 rings (SSSR count). The number of nitrogens with one attached hydrogen (secondary N) is 2. The summed E-state index contributed by atoms with van der Waals surface area (Å²) in [4.78, 5) is 10.2. The van der Waals surface area contributed by atoms with E-state index in [2.05, 4.69) is 48.3 Å². The predicted octanol–water partition coefficient (Wildman–Crippen LogP) is 3.84. The Balaban J connectivity index is 1.68. The molecule has 6 heteroatoms. The van der Waals surface area contributed by atoms with E-state index in [-0.39, 0.29) is 17.7 Å². The summed E-state index contributed by atoms with van der Waals surface area (Å²) in [5.41, 5.74) is 1.08. The third-order valence-electron chi connectivity index (χ3n) is 4.48. The number of hydrogen-bond donors (Lipinski definition) is 3. The van der Waals surface area contributed by atoms with Gasteiger partial charge in [0.1, 0.15) is 5.03 Å². The van der Waals surface area contributed by atoms with Gasteiger partial charge in [-0.2, -0.15) is 0 Å². The van der Waals surface area contributed by atoms with Crippen molar-refractivity contribution in [1.82, 2.24) is 15.3 Å². The van der Waals surface area contributed by atoms with Crippen LogP contribution in [0.1, 0.15) is 46.1 Å². The van der Waals surface area contributed by atoms with Gasteiger partial charge in [-0.1, -0.05) is 23.9 Å². The van der Waals surface area contributed by atoms with Gasteiger partial charge in [-0.3, -0.25) is 0 Å². The van der Waals surface area contributed by atoms with E-state index in [1.54, 1.807) is 18.0 Å². The molecule has 0 amide bonds. The van der Waals surface area contributed by atoms with Gasteiger partial charge >= 0.3 is 0 Å². The van der Waals surface area contributed by atoms with E-state index in [0.717, 1.165) is 28.3 Å². The summed E-state index contributed by atoms with van der Waals surface area (Å²) in [6.07, 6.45) is 3.86. The van der Waals surface area contributed by atoms with Gasteiger partial charge in [-0.05, 0) is 64.3 Å². The van der Waals surface area contributed by atoms with Crippen LogP contribution in [0.5, 0.6) is 0 Å². The van der Waals surface area contributed by atoms with Crippen LogP contribution in [-0.4, -0.2) is 32.2 Å². The molecule has 3 N–H and O–H groups in total. The maximum absolute atomic E-state index is 9.14. The van der Waals surface area contributed by atoms with Gasteiger partial charge in [0.15, 0.2) is 0 Å². The summed E-state index contributed by atoms with van der Waals surface area (Å²) in [5, 5.41) is 17.3. The van der Waals surface area contributed by atoms with E-state index in [9.17, 15) is 0 Å². The van der Waals surface area contributed by atoms with Crippen LogP contribution in [0, 0.1) is 0 Å². The Hall–Kier alpha value is -1.63. The summed E-state index contributed by atoms with van der Waals surface area (Å²) < 4.78 is 0. The van der Waals surface area contributed by atoms with Crippen LogP contribution in [-0.2, 0) is 6.61 Å². The number of aromatic nitrogens is 2. The Kier molecular flexibility index (Phi) is 5.55. The lowest BCUT2D eigenvalue weighted by atomic mass is 9.80. The van der Waals surface area contributed by atoms with Crippen molar-refractivity contribution in [2.45, 2.75) is 74.2 Å². The molecule has 0 saturated carbocycles. The first-order valence-corrected chi connectivity index (χ1v) is 9.83. The van der Waals surface area contributed by atoms with E-state index >= 15 is 0 Å². The largest absolute Gasteiger partial charge is 0.392 e.